The Kier molecular flexibility index (Phi) is 3.56. The summed E-state index contributed by atoms with van der Waals surface area (Å²) in [5.41, 5.74) is 0. The minimum Gasteiger partial charge on any atom is -0.358 e. The molecule has 2 heterocycles. The van der Waals surface area contributed by atoms with Crippen LogP contribution in [0.2, 0.25) is 0 Å². The molecule has 0 saturated heterocycles. The summed E-state index contributed by atoms with van der Waals surface area (Å²) in [4.78, 5) is 6.41. The van der Waals surface area contributed by atoms with Crippen molar-refractivity contribution in [3.63, 3.8) is 0 Å². The van der Waals surface area contributed by atoms with Gasteiger partial charge in [-0.15, -0.1) is 0 Å². The third kappa shape index (κ3) is 2.82. The lowest BCUT2D eigenvalue weighted by molar-refractivity contribution is 0.609. The monoisotopic (exact) mass is 280 g/mol. The van der Waals surface area contributed by atoms with Crippen molar-refractivity contribution >= 4 is 21.7 Å². The van der Waals surface area contributed by atoms with Gasteiger partial charge in [0.25, 0.3) is 0 Å². The number of likely N-dealkylation sites (N-methyl/N-ethyl adjacent to an activating group) is 1. The van der Waals surface area contributed by atoms with Crippen LogP contribution < -0.4 is 4.90 Å². The van der Waals surface area contributed by atoms with E-state index in [-0.39, 0.29) is 0 Å². The second-order valence-corrected chi connectivity index (χ2v) is 4.44. The molecule has 0 fully saturated rings. The van der Waals surface area contributed by atoms with E-state index in [0.29, 0.717) is 0 Å². The van der Waals surface area contributed by atoms with Crippen molar-refractivity contribution in [3.8, 4) is 0 Å². The number of rotatable bonds is 4. The Morgan fingerprint density at radius 1 is 1.44 bits per heavy atom. The van der Waals surface area contributed by atoms with Crippen LogP contribution in [-0.2, 0) is 6.54 Å². The van der Waals surface area contributed by atoms with E-state index in [0.717, 1.165) is 23.4 Å². The van der Waals surface area contributed by atoms with Gasteiger partial charge in [-0.3, -0.25) is 4.68 Å². The highest BCUT2D eigenvalue weighted by atomic mass is 79.9. The molecule has 84 valence electrons. The van der Waals surface area contributed by atoms with E-state index < -0.39 is 0 Å². The summed E-state index contributed by atoms with van der Waals surface area (Å²) >= 11 is 3.44. The van der Waals surface area contributed by atoms with E-state index in [2.05, 4.69) is 30.9 Å². The van der Waals surface area contributed by atoms with Crippen LogP contribution >= 0.6 is 15.9 Å². The van der Waals surface area contributed by atoms with Gasteiger partial charge >= 0.3 is 0 Å². The largest absolute Gasteiger partial charge is 0.358 e. The molecule has 0 atom stereocenters. The Morgan fingerprint density at radius 2 is 2.31 bits per heavy atom. The number of aromatic nitrogens is 3. The van der Waals surface area contributed by atoms with Crippen LogP contribution in [0.15, 0.2) is 41.3 Å². The van der Waals surface area contributed by atoms with E-state index >= 15 is 0 Å². The third-order valence-corrected chi connectivity index (χ3v) is 2.82. The highest BCUT2D eigenvalue weighted by molar-refractivity contribution is 9.10. The van der Waals surface area contributed by atoms with Crippen molar-refractivity contribution in [2.75, 3.05) is 18.5 Å². The second-order valence-electron chi connectivity index (χ2n) is 3.52. The zero-order valence-corrected chi connectivity index (χ0v) is 10.6. The minimum atomic E-state index is 0.859. The first kappa shape index (κ1) is 11.1. The summed E-state index contributed by atoms with van der Waals surface area (Å²) in [5.74, 6) is 0.960. The lowest BCUT2D eigenvalue weighted by Gasteiger charge is -2.18. The second kappa shape index (κ2) is 5.12. The number of pyridine rings is 1. The fourth-order valence-electron chi connectivity index (χ4n) is 1.40. The van der Waals surface area contributed by atoms with Crippen molar-refractivity contribution in [3.05, 3.63) is 41.3 Å². The summed E-state index contributed by atoms with van der Waals surface area (Å²) < 4.78 is 2.96. The number of hydrogen-bond donors (Lipinski definition) is 0. The molecule has 0 saturated carbocycles. The van der Waals surface area contributed by atoms with Crippen LogP contribution in [0.3, 0.4) is 0 Å². The molecule has 0 aliphatic rings. The summed E-state index contributed by atoms with van der Waals surface area (Å²) in [6.45, 7) is 1.74. The molecular formula is C11H13BrN4. The van der Waals surface area contributed by atoms with Gasteiger partial charge < -0.3 is 4.90 Å². The van der Waals surface area contributed by atoms with Gasteiger partial charge in [-0.2, -0.15) is 5.10 Å². The minimum absolute atomic E-state index is 0.859. The fourth-order valence-corrected chi connectivity index (χ4v) is 1.72. The van der Waals surface area contributed by atoms with Crippen molar-refractivity contribution in [2.24, 2.45) is 0 Å². The molecule has 4 nitrogen and oxygen atoms in total. The fraction of sp³-hybridized carbons (Fsp3) is 0.273. The van der Waals surface area contributed by atoms with Crippen molar-refractivity contribution in [1.29, 1.82) is 0 Å². The Labute approximate surface area is 103 Å². The predicted octanol–water partition coefficient (Wildman–Crippen LogP) is 2.18. The van der Waals surface area contributed by atoms with Crippen LogP contribution in [-0.4, -0.2) is 28.4 Å². The lowest BCUT2D eigenvalue weighted by atomic mass is 10.4. The molecule has 0 aliphatic carbocycles. The van der Waals surface area contributed by atoms with Crippen LogP contribution in [0, 0.1) is 0 Å². The SMILES string of the molecule is CN(CCn1cccn1)c1cc(Br)ccn1. The summed E-state index contributed by atoms with van der Waals surface area (Å²) in [7, 11) is 2.03. The first-order chi connectivity index (χ1) is 7.75. The number of anilines is 1. The number of nitrogens with zero attached hydrogens (tertiary/aromatic N) is 4. The van der Waals surface area contributed by atoms with Gasteiger partial charge in [0.2, 0.25) is 0 Å². The molecule has 0 aliphatic heterocycles. The highest BCUT2D eigenvalue weighted by Crippen LogP contribution is 2.15. The predicted molar refractivity (Wildman–Crippen MR) is 67.4 cm³/mol. The summed E-state index contributed by atoms with van der Waals surface area (Å²) in [6, 6.07) is 5.85. The highest BCUT2D eigenvalue weighted by Gasteiger charge is 2.02. The number of hydrogen-bond acceptors (Lipinski definition) is 3. The van der Waals surface area contributed by atoms with Crippen LogP contribution in [0.5, 0.6) is 0 Å². The average Bonchev–Trinajstić information content (AvgIpc) is 2.78. The Balaban J connectivity index is 1.95. The average molecular weight is 281 g/mol. The van der Waals surface area contributed by atoms with Crippen LogP contribution in [0.25, 0.3) is 0 Å². The zero-order chi connectivity index (χ0) is 11.4. The first-order valence-electron chi connectivity index (χ1n) is 5.06. The third-order valence-electron chi connectivity index (χ3n) is 2.32. The molecule has 0 bridgehead atoms. The molecule has 0 N–H and O–H groups in total. The molecule has 5 heteroatoms. The van der Waals surface area contributed by atoms with E-state index in [4.69, 9.17) is 0 Å². The van der Waals surface area contributed by atoms with E-state index in [1.807, 2.05) is 36.1 Å². The van der Waals surface area contributed by atoms with Crippen molar-refractivity contribution in [2.45, 2.75) is 6.54 Å². The Bertz CT molecular complexity index is 441. The zero-order valence-electron chi connectivity index (χ0n) is 9.05. The van der Waals surface area contributed by atoms with Gasteiger partial charge in [-0.1, -0.05) is 15.9 Å². The topological polar surface area (TPSA) is 34.0 Å². The van der Waals surface area contributed by atoms with Gasteiger partial charge in [0.1, 0.15) is 5.82 Å². The standard InChI is InChI=1S/C11H13BrN4/c1-15(7-8-16-6-2-4-14-16)11-9-10(12)3-5-13-11/h2-6,9H,7-8H2,1H3. The molecule has 2 rings (SSSR count). The van der Waals surface area contributed by atoms with Crippen LogP contribution in [0.4, 0.5) is 5.82 Å². The van der Waals surface area contributed by atoms with Gasteiger partial charge in [0, 0.05) is 36.7 Å². The maximum atomic E-state index is 4.31. The first-order valence-corrected chi connectivity index (χ1v) is 5.85. The molecule has 0 radical (unpaired) electrons. The quantitative estimate of drug-likeness (QED) is 0.861. The molecule has 0 unspecified atom stereocenters. The lowest BCUT2D eigenvalue weighted by Crippen LogP contribution is -2.23. The van der Waals surface area contributed by atoms with Crippen LogP contribution in [0.1, 0.15) is 0 Å². The maximum Gasteiger partial charge on any atom is 0.129 e. The molecule has 2 aromatic heterocycles. The molecule has 2 aromatic rings. The van der Waals surface area contributed by atoms with E-state index in [9.17, 15) is 0 Å². The van der Waals surface area contributed by atoms with Crippen molar-refractivity contribution in [1.82, 2.24) is 14.8 Å². The summed E-state index contributed by atoms with van der Waals surface area (Å²) in [5, 5.41) is 4.16. The van der Waals surface area contributed by atoms with E-state index in [1.54, 1.807) is 12.4 Å². The molecule has 0 amide bonds. The molecule has 0 aromatic carbocycles. The Hall–Kier alpha value is -1.36. The normalized spacial score (nSPS) is 10.4. The Morgan fingerprint density at radius 3 is 3.00 bits per heavy atom. The molecular weight excluding hydrogens is 268 g/mol. The van der Waals surface area contributed by atoms with Gasteiger partial charge in [0.05, 0.1) is 6.54 Å². The summed E-state index contributed by atoms with van der Waals surface area (Å²) in [6.07, 6.45) is 5.55. The van der Waals surface area contributed by atoms with Gasteiger partial charge in [-0.25, -0.2) is 4.98 Å². The van der Waals surface area contributed by atoms with Gasteiger partial charge in [0.15, 0.2) is 0 Å². The molecule has 0 spiro atoms. The van der Waals surface area contributed by atoms with Gasteiger partial charge in [-0.05, 0) is 18.2 Å². The maximum absolute atomic E-state index is 4.31. The van der Waals surface area contributed by atoms with E-state index in [1.165, 1.54) is 0 Å². The molecule has 16 heavy (non-hydrogen) atoms. The number of halogens is 1. The smallest absolute Gasteiger partial charge is 0.129 e. The van der Waals surface area contributed by atoms with Crippen molar-refractivity contribution < 1.29 is 0 Å².